The molecule has 1 aromatic rings. The standard InChI is InChI=1S/C14H15FN2/c1-16-14-10-12(4-5-13(14)15)3-2-11-6-8-17-9-7-11/h2-5,10-11,17H,6-9H2/p+1/b3-2+. The Morgan fingerprint density at radius 1 is 1.35 bits per heavy atom. The highest BCUT2D eigenvalue weighted by Crippen LogP contribution is 2.21. The van der Waals surface area contributed by atoms with Crippen molar-refractivity contribution in [1.29, 1.82) is 0 Å². The molecule has 0 amide bonds. The molecular weight excluding hydrogens is 215 g/mol. The molecule has 0 bridgehead atoms. The van der Waals surface area contributed by atoms with Crippen LogP contribution < -0.4 is 5.32 Å². The zero-order valence-corrected chi connectivity index (χ0v) is 9.70. The van der Waals surface area contributed by atoms with Gasteiger partial charge < -0.3 is 5.32 Å². The van der Waals surface area contributed by atoms with Crippen molar-refractivity contribution in [3.63, 3.8) is 0 Å². The van der Waals surface area contributed by atoms with Crippen LogP contribution in [0.15, 0.2) is 24.3 Å². The quantitative estimate of drug-likeness (QED) is 0.754. The summed E-state index contributed by atoms with van der Waals surface area (Å²) in [6.07, 6.45) is 6.60. The zero-order valence-electron chi connectivity index (χ0n) is 9.70. The number of allylic oxidation sites excluding steroid dienone is 1. The van der Waals surface area contributed by atoms with Gasteiger partial charge in [-0.2, -0.15) is 0 Å². The summed E-state index contributed by atoms with van der Waals surface area (Å²) in [6, 6.07) is 4.69. The Morgan fingerprint density at radius 2 is 2.12 bits per heavy atom. The third-order valence-corrected chi connectivity index (χ3v) is 3.13. The van der Waals surface area contributed by atoms with Gasteiger partial charge >= 0.3 is 0 Å². The molecule has 0 unspecified atom stereocenters. The minimum atomic E-state index is -0.440. The molecule has 3 heteroatoms. The van der Waals surface area contributed by atoms with Crippen molar-refractivity contribution in [2.45, 2.75) is 12.8 Å². The second-order valence-electron chi connectivity index (χ2n) is 4.39. The zero-order chi connectivity index (χ0) is 12.1. The van der Waals surface area contributed by atoms with Gasteiger partial charge in [-0.25, -0.2) is 9.24 Å². The highest BCUT2D eigenvalue weighted by atomic mass is 19.1. The van der Waals surface area contributed by atoms with E-state index in [1.54, 1.807) is 12.1 Å². The smallest absolute Gasteiger partial charge is 0.222 e. The molecule has 17 heavy (non-hydrogen) atoms. The van der Waals surface area contributed by atoms with Gasteiger partial charge in [0.25, 0.3) is 0 Å². The lowest BCUT2D eigenvalue weighted by Crippen LogP contribution is -2.86. The number of halogens is 1. The number of nitrogens with two attached hydrogens (primary N) is 1. The van der Waals surface area contributed by atoms with Crippen molar-refractivity contribution >= 4 is 11.8 Å². The minimum Gasteiger partial charge on any atom is -0.346 e. The fraction of sp³-hybridized carbons (Fsp3) is 0.357. The summed E-state index contributed by atoms with van der Waals surface area (Å²) in [5, 5.41) is 2.33. The number of rotatable bonds is 2. The van der Waals surface area contributed by atoms with Gasteiger partial charge in [0, 0.05) is 12.8 Å². The predicted molar refractivity (Wildman–Crippen MR) is 66.1 cm³/mol. The van der Waals surface area contributed by atoms with E-state index in [0.717, 1.165) is 5.56 Å². The monoisotopic (exact) mass is 231 g/mol. The number of hydrogen-bond donors (Lipinski definition) is 1. The Hall–Kier alpha value is -1.66. The molecule has 1 aliphatic heterocycles. The summed E-state index contributed by atoms with van der Waals surface area (Å²) >= 11 is 0. The summed E-state index contributed by atoms with van der Waals surface area (Å²) in [4.78, 5) is 3.16. The molecule has 1 heterocycles. The molecule has 1 aliphatic rings. The van der Waals surface area contributed by atoms with E-state index in [4.69, 9.17) is 6.57 Å². The Kier molecular flexibility index (Phi) is 3.89. The highest BCUT2D eigenvalue weighted by Gasteiger charge is 2.11. The molecule has 0 radical (unpaired) electrons. The molecule has 0 spiro atoms. The maximum absolute atomic E-state index is 13.1. The Balaban J connectivity index is 2.07. The van der Waals surface area contributed by atoms with Crippen LogP contribution >= 0.6 is 0 Å². The van der Waals surface area contributed by atoms with E-state index in [-0.39, 0.29) is 5.69 Å². The first-order valence-electron chi connectivity index (χ1n) is 5.96. The Morgan fingerprint density at radius 3 is 2.82 bits per heavy atom. The van der Waals surface area contributed by atoms with Crippen LogP contribution in [0.25, 0.3) is 10.9 Å². The molecule has 88 valence electrons. The lowest BCUT2D eigenvalue weighted by molar-refractivity contribution is -0.664. The topological polar surface area (TPSA) is 21.0 Å². The van der Waals surface area contributed by atoms with Gasteiger partial charge in [0.15, 0.2) is 0 Å². The molecule has 0 atom stereocenters. The van der Waals surface area contributed by atoms with Gasteiger partial charge in [-0.15, -0.1) is 0 Å². The third kappa shape index (κ3) is 3.15. The van der Waals surface area contributed by atoms with Crippen molar-refractivity contribution in [3.05, 3.63) is 47.1 Å². The Bertz CT molecular complexity index is 454. The fourth-order valence-corrected chi connectivity index (χ4v) is 2.11. The van der Waals surface area contributed by atoms with Crippen molar-refractivity contribution in [2.75, 3.05) is 13.1 Å². The normalized spacial score (nSPS) is 17.2. The van der Waals surface area contributed by atoms with E-state index < -0.39 is 5.82 Å². The first-order chi connectivity index (χ1) is 8.29. The van der Waals surface area contributed by atoms with E-state index in [9.17, 15) is 4.39 Å². The number of piperidine rings is 1. The van der Waals surface area contributed by atoms with Crippen LogP contribution in [0, 0.1) is 18.3 Å². The van der Waals surface area contributed by atoms with Crippen LogP contribution in [0.3, 0.4) is 0 Å². The lowest BCUT2D eigenvalue weighted by atomic mass is 9.97. The molecule has 0 saturated carbocycles. The molecular formula is C14H16FN2+. The van der Waals surface area contributed by atoms with Crippen molar-refractivity contribution in [3.8, 4) is 0 Å². The second-order valence-corrected chi connectivity index (χ2v) is 4.39. The molecule has 1 aromatic carbocycles. The molecule has 1 fully saturated rings. The number of hydrogen-bond acceptors (Lipinski definition) is 0. The molecule has 0 aromatic heterocycles. The lowest BCUT2D eigenvalue weighted by Gasteiger charge is -2.16. The third-order valence-electron chi connectivity index (χ3n) is 3.13. The molecule has 2 N–H and O–H groups in total. The molecule has 2 rings (SSSR count). The van der Waals surface area contributed by atoms with E-state index in [1.807, 2.05) is 6.08 Å². The first kappa shape index (κ1) is 11.8. The average Bonchev–Trinajstić information content (AvgIpc) is 2.39. The SMILES string of the molecule is [C-]#[N+]c1cc(/C=C/C2CC[NH2+]CC2)ccc1F. The van der Waals surface area contributed by atoms with Gasteiger partial charge in [-0.3, -0.25) is 0 Å². The van der Waals surface area contributed by atoms with E-state index in [1.165, 1.54) is 32.0 Å². The van der Waals surface area contributed by atoms with Crippen LogP contribution in [-0.4, -0.2) is 13.1 Å². The fourth-order valence-electron chi connectivity index (χ4n) is 2.11. The van der Waals surface area contributed by atoms with Gasteiger partial charge in [0.05, 0.1) is 19.7 Å². The van der Waals surface area contributed by atoms with E-state index in [0.29, 0.717) is 5.92 Å². The van der Waals surface area contributed by atoms with Crippen LogP contribution in [0.4, 0.5) is 10.1 Å². The molecule has 0 aliphatic carbocycles. The summed E-state index contributed by atoms with van der Waals surface area (Å²) < 4.78 is 13.1. The maximum Gasteiger partial charge on any atom is 0.222 e. The summed E-state index contributed by atoms with van der Waals surface area (Å²) in [5.41, 5.74) is 1.01. The molecule has 2 nitrogen and oxygen atoms in total. The second kappa shape index (κ2) is 5.60. The average molecular weight is 231 g/mol. The predicted octanol–water partition coefficient (Wildman–Crippen LogP) is 2.36. The van der Waals surface area contributed by atoms with Gasteiger partial charge in [-0.1, -0.05) is 18.2 Å². The maximum atomic E-state index is 13.1. The number of benzene rings is 1. The number of nitrogens with zero attached hydrogens (tertiary/aromatic N) is 1. The van der Waals surface area contributed by atoms with Crippen LogP contribution in [0.5, 0.6) is 0 Å². The van der Waals surface area contributed by atoms with Crippen LogP contribution in [0.2, 0.25) is 0 Å². The van der Waals surface area contributed by atoms with Gasteiger partial charge in [0.1, 0.15) is 5.82 Å². The highest BCUT2D eigenvalue weighted by molar-refractivity contribution is 5.58. The molecule has 1 saturated heterocycles. The first-order valence-corrected chi connectivity index (χ1v) is 5.96. The van der Waals surface area contributed by atoms with Crippen LogP contribution in [0.1, 0.15) is 18.4 Å². The van der Waals surface area contributed by atoms with Crippen molar-refractivity contribution < 1.29 is 9.71 Å². The summed E-state index contributed by atoms with van der Waals surface area (Å²) in [7, 11) is 0. The van der Waals surface area contributed by atoms with E-state index >= 15 is 0 Å². The summed E-state index contributed by atoms with van der Waals surface area (Å²) in [5.74, 6) is 0.186. The van der Waals surface area contributed by atoms with Gasteiger partial charge in [0.2, 0.25) is 5.69 Å². The Labute approximate surface area is 101 Å². The van der Waals surface area contributed by atoms with E-state index in [2.05, 4.69) is 16.2 Å². The summed E-state index contributed by atoms with van der Waals surface area (Å²) in [6.45, 7) is 9.24. The minimum absolute atomic E-state index is 0.101. The van der Waals surface area contributed by atoms with Gasteiger partial charge in [-0.05, 0) is 23.6 Å². The number of quaternary nitrogens is 1. The van der Waals surface area contributed by atoms with Crippen LogP contribution in [-0.2, 0) is 0 Å². The van der Waals surface area contributed by atoms with Crippen molar-refractivity contribution in [1.82, 2.24) is 0 Å². The van der Waals surface area contributed by atoms with Crippen molar-refractivity contribution in [2.24, 2.45) is 5.92 Å². The largest absolute Gasteiger partial charge is 0.346 e.